The summed E-state index contributed by atoms with van der Waals surface area (Å²) in [7, 11) is 0. The van der Waals surface area contributed by atoms with Crippen molar-refractivity contribution in [2.75, 3.05) is 11.4 Å². The van der Waals surface area contributed by atoms with Crippen LogP contribution in [-0.2, 0) is 0 Å². The number of hydrogen-bond acceptors (Lipinski definition) is 3. The highest BCUT2D eigenvalue weighted by Crippen LogP contribution is 2.43. The fourth-order valence-electron chi connectivity index (χ4n) is 3.39. The van der Waals surface area contributed by atoms with E-state index in [4.69, 9.17) is 9.72 Å². The number of ether oxygens (including phenoxy) is 1. The molecule has 0 saturated carbocycles. The second-order valence-corrected chi connectivity index (χ2v) is 7.95. The van der Waals surface area contributed by atoms with Gasteiger partial charge in [0.15, 0.2) is 0 Å². The zero-order chi connectivity index (χ0) is 17.5. The number of aryl methyl sites for hydroxylation is 1. The van der Waals surface area contributed by atoms with Gasteiger partial charge in [-0.3, -0.25) is 4.98 Å². The molecule has 0 radical (unpaired) electrons. The molecule has 0 fully saturated rings. The van der Waals surface area contributed by atoms with Crippen molar-refractivity contribution in [2.24, 2.45) is 11.8 Å². The van der Waals surface area contributed by atoms with Crippen LogP contribution in [0.25, 0.3) is 0 Å². The maximum atomic E-state index is 6.52. The van der Waals surface area contributed by atoms with Gasteiger partial charge in [0.25, 0.3) is 0 Å². The number of fused-ring (bicyclic) bond motifs is 1. The van der Waals surface area contributed by atoms with Crippen LogP contribution in [0.1, 0.15) is 71.3 Å². The monoisotopic (exact) mass is 318 g/mol. The minimum atomic E-state index is 0.221. The van der Waals surface area contributed by atoms with Crippen LogP contribution in [0.4, 0.5) is 5.69 Å². The zero-order valence-corrected chi connectivity index (χ0v) is 16.4. The SMILES string of the molecule is Cc1nc(C(C)C)c2c(c1C)O[C@@H](C)[C@@H](C)[C@@H](C)CN2C(C)C. The predicted molar refractivity (Wildman–Crippen MR) is 98.7 cm³/mol. The van der Waals surface area contributed by atoms with Gasteiger partial charge in [0.05, 0.1) is 11.8 Å². The lowest BCUT2D eigenvalue weighted by Crippen LogP contribution is -2.42. The minimum absolute atomic E-state index is 0.221. The molecule has 130 valence electrons. The molecule has 2 heterocycles. The first-order valence-corrected chi connectivity index (χ1v) is 9.09. The lowest BCUT2D eigenvalue weighted by Gasteiger charge is -2.41. The Hall–Kier alpha value is -1.25. The van der Waals surface area contributed by atoms with Crippen LogP contribution in [0.3, 0.4) is 0 Å². The summed E-state index contributed by atoms with van der Waals surface area (Å²) in [5, 5.41) is 0. The van der Waals surface area contributed by atoms with E-state index in [0.29, 0.717) is 23.8 Å². The summed E-state index contributed by atoms with van der Waals surface area (Å²) >= 11 is 0. The van der Waals surface area contributed by atoms with Crippen LogP contribution in [0.5, 0.6) is 5.75 Å². The third-order valence-electron chi connectivity index (χ3n) is 5.51. The summed E-state index contributed by atoms with van der Waals surface area (Å²) in [5.41, 5.74) is 4.67. The van der Waals surface area contributed by atoms with Gasteiger partial charge in [0.1, 0.15) is 11.4 Å². The van der Waals surface area contributed by atoms with Crippen LogP contribution in [0.15, 0.2) is 0 Å². The van der Waals surface area contributed by atoms with Crippen LogP contribution in [-0.4, -0.2) is 23.7 Å². The van der Waals surface area contributed by atoms with Gasteiger partial charge in [0.2, 0.25) is 0 Å². The van der Waals surface area contributed by atoms with E-state index in [0.717, 1.165) is 18.0 Å². The molecule has 0 aromatic carbocycles. The van der Waals surface area contributed by atoms with E-state index in [2.05, 4.69) is 67.2 Å². The maximum absolute atomic E-state index is 6.52. The van der Waals surface area contributed by atoms with Crippen molar-refractivity contribution in [3.05, 3.63) is 17.0 Å². The average molecular weight is 319 g/mol. The van der Waals surface area contributed by atoms with Crippen molar-refractivity contribution in [2.45, 2.75) is 80.4 Å². The molecule has 3 nitrogen and oxygen atoms in total. The van der Waals surface area contributed by atoms with Crippen molar-refractivity contribution >= 4 is 5.69 Å². The van der Waals surface area contributed by atoms with Gasteiger partial charge >= 0.3 is 0 Å². The minimum Gasteiger partial charge on any atom is -0.488 e. The van der Waals surface area contributed by atoms with Crippen molar-refractivity contribution in [3.8, 4) is 5.75 Å². The third kappa shape index (κ3) is 3.34. The van der Waals surface area contributed by atoms with Gasteiger partial charge in [-0.05, 0) is 52.4 Å². The Bertz CT molecular complexity index is 565. The van der Waals surface area contributed by atoms with E-state index in [1.165, 1.54) is 16.9 Å². The Kier molecular flexibility index (Phi) is 5.27. The highest BCUT2D eigenvalue weighted by atomic mass is 16.5. The number of anilines is 1. The van der Waals surface area contributed by atoms with E-state index in [-0.39, 0.29) is 6.10 Å². The van der Waals surface area contributed by atoms with E-state index in [1.54, 1.807) is 0 Å². The van der Waals surface area contributed by atoms with Crippen LogP contribution >= 0.6 is 0 Å². The Balaban J connectivity index is 2.74. The van der Waals surface area contributed by atoms with Gasteiger partial charge in [-0.2, -0.15) is 0 Å². The smallest absolute Gasteiger partial charge is 0.149 e. The Morgan fingerprint density at radius 2 is 1.70 bits per heavy atom. The Morgan fingerprint density at radius 3 is 2.22 bits per heavy atom. The number of pyridine rings is 1. The summed E-state index contributed by atoms with van der Waals surface area (Å²) in [6.07, 6.45) is 0.221. The number of hydrogen-bond donors (Lipinski definition) is 0. The van der Waals surface area contributed by atoms with Crippen molar-refractivity contribution in [1.82, 2.24) is 4.98 Å². The molecular formula is C20H34N2O. The van der Waals surface area contributed by atoms with Gasteiger partial charge in [-0.1, -0.05) is 27.7 Å². The lowest BCUT2D eigenvalue weighted by molar-refractivity contribution is 0.121. The van der Waals surface area contributed by atoms with Crippen LogP contribution in [0, 0.1) is 25.7 Å². The fourth-order valence-corrected chi connectivity index (χ4v) is 3.39. The van der Waals surface area contributed by atoms with Gasteiger partial charge < -0.3 is 9.64 Å². The maximum Gasteiger partial charge on any atom is 0.149 e. The average Bonchev–Trinajstić information content (AvgIpc) is 2.47. The Morgan fingerprint density at radius 1 is 1.09 bits per heavy atom. The zero-order valence-electron chi connectivity index (χ0n) is 16.4. The second-order valence-electron chi connectivity index (χ2n) is 7.95. The highest BCUT2D eigenvalue weighted by Gasteiger charge is 2.33. The normalized spacial score (nSPS) is 25.2. The van der Waals surface area contributed by atoms with E-state index < -0.39 is 0 Å². The molecule has 0 saturated heterocycles. The van der Waals surface area contributed by atoms with Gasteiger partial charge in [-0.15, -0.1) is 0 Å². The first kappa shape index (κ1) is 18.1. The van der Waals surface area contributed by atoms with Gasteiger partial charge in [0, 0.05) is 23.8 Å². The highest BCUT2D eigenvalue weighted by molar-refractivity contribution is 5.67. The van der Waals surface area contributed by atoms with E-state index >= 15 is 0 Å². The summed E-state index contributed by atoms with van der Waals surface area (Å²) in [4.78, 5) is 7.45. The van der Waals surface area contributed by atoms with Gasteiger partial charge in [-0.25, -0.2) is 0 Å². The summed E-state index contributed by atoms with van der Waals surface area (Å²) in [5.74, 6) is 2.55. The molecular weight excluding hydrogens is 284 g/mol. The lowest BCUT2D eigenvalue weighted by atomic mass is 9.88. The topological polar surface area (TPSA) is 25.4 Å². The molecule has 3 atom stereocenters. The summed E-state index contributed by atoms with van der Waals surface area (Å²) in [6.45, 7) is 21.2. The third-order valence-corrected chi connectivity index (χ3v) is 5.51. The quantitative estimate of drug-likeness (QED) is 0.759. The first-order valence-electron chi connectivity index (χ1n) is 9.09. The summed E-state index contributed by atoms with van der Waals surface area (Å²) < 4.78 is 6.52. The molecule has 23 heavy (non-hydrogen) atoms. The number of nitrogens with zero attached hydrogens (tertiary/aromatic N) is 2. The van der Waals surface area contributed by atoms with Crippen molar-refractivity contribution in [3.63, 3.8) is 0 Å². The second kappa shape index (κ2) is 6.70. The number of rotatable bonds is 2. The van der Waals surface area contributed by atoms with Crippen molar-refractivity contribution in [1.29, 1.82) is 0 Å². The summed E-state index contributed by atoms with van der Waals surface area (Å²) in [6, 6.07) is 0.432. The molecule has 3 heteroatoms. The Labute approximate surface area is 142 Å². The predicted octanol–water partition coefficient (Wildman–Crippen LogP) is 5.09. The molecule has 0 spiro atoms. The van der Waals surface area contributed by atoms with Crippen molar-refractivity contribution < 1.29 is 4.74 Å². The molecule has 1 aliphatic rings. The molecule has 0 unspecified atom stereocenters. The fraction of sp³-hybridized carbons (Fsp3) is 0.750. The first-order chi connectivity index (χ1) is 10.6. The molecule has 1 aliphatic heterocycles. The van der Waals surface area contributed by atoms with Crippen LogP contribution < -0.4 is 9.64 Å². The van der Waals surface area contributed by atoms with Crippen LogP contribution in [0.2, 0.25) is 0 Å². The number of aromatic nitrogens is 1. The molecule has 2 rings (SSSR count). The standard InChI is InChI=1S/C20H34N2O/c1-11(2)18-19-20(15(7)16(8)21-18)23-17(9)14(6)13(5)10-22(19)12(3)4/h11-14,17H,10H2,1-9H3/t13-,14-,17-/m0/s1. The molecule has 0 bridgehead atoms. The molecule has 1 aromatic heterocycles. The van der Waals surface area contributed by atoms with E-state index in [1.807, 2.05) is 0 Å². The molecule has 0 aliphatic carbocycles. The molecule has 0 amide bonds. The molecule has 1 aromatic rings. The molecule has 0 N–H and O–H groups in total. The van der Waals surface area contributed by atoms with E-state index in [9.17, 15) is 0 Å². The largest absolute Gasteiger partial charge is 0.488 e.